The van der Waals surface area contributed by atoms with Crippen LogP contribution in [0.5, 0.6) is 0 Å². The summed E-state index contributed by atoms with van der Waals surface area (Å²) in [4.78, 5) is 19.1. The summed E-state index contributed by atoms with van der Waals surface area (Å²) in [6.45, 7) is 1.42. The first-order valence-electron chi connectivity index (χ1n) is 7.90. The molecule has 4 rings (SSSR count). The summed E-state index contributed by atoms with van der Waals surface area (Å²) in [7, 11) is 0. The Morgan fingerprint density at radius 2 is 2.22 bits per heavy atom. The molecule has 0 saturated carbocycles. The first kappa shape index (κ1) is 14.7. The van der Waals surface area contributed by atoms with Gasteiger partial charge in [-0.25, -0.2) is 4.98 Å². The van der Waals surface area contributed by atoms with Crippen LogP contribution in [0.15, 0.2) is 47.6 Å². The molecule has 0 N–H and O–H groups in total. The second kappa shape index (κ2) is 6.34. The average molecular weight is 326 g/mol. The molecule has 118 valence electrons. The number of aromatic nitrogens is 1. The number of ether oxygens (including phenoxy) is 1. The zero-order valence-electron chi connectivity index (χ0n) is 12.8. The van der Waals surface area contributed by atoms with E-state index in [4.69, 9.17) is 4.74 Å². The third kappa shape index (κ3) is 2.86. The highest BCUT2D eigenvalue weighted by atomic mass is 32.2. The van der Waals surface area contributed by atoms with Crippen LogP contribution >= 0.6 is 11.8 Å². The first-order chi connectivity index (χ1) is 11.3. The van der Waals surface area contributed by atoms with Gasteiger partial charge in [-0.05, 0) is 29.7 Å². The molecule has 0 aliphatic carbocycles. The maximum atomic E-state index is 12.8. The summed E-state index contributed by atoms with van der Waals surface area (Å²) >= 11 is 1.71. The molecular formula is C18H18N2O2S. The van der Waals surface area contributed by atoms with Gasteiger partial charge in [0, 0.05) is 18.5 Å². The van der Waals surface area contributed by atoms with Crippen LogP contribution in [0.25, 0.3) is 0 Å². The third-order valence-corrected chi connectivity index (χ3v) is 5.32. The molecule has 2 aromatic rings. The van der Waals surface area contributed by atoms with Gasteiger partial charge in [-0.15, -0.1) is 11.8 Å². The van der Waals surface area contributed by atoms with E-state index in [1.165, 1.54) is 5.56 Å². The van der Waals surface area contributed by atoms with E-state index in [1.807, 2.05) is 29.2 Å². The number of amides is 1. The van der Waals surface area contributed by atoms with Gasteiger partial charge >= 0.3 is 0 Å². The average Bonchev–Trinajstić information content (AvgIpc) is 2.61. The number of fused-ring (bicyclic) bond motifs is 2. The molecule has 5 heteroatoms. The monoisotopic (exact) mass is 326 g/mol. The van der Waals surface area contributed by atoms with Crippen LogP contribution in [-0.2, 0) is 16.0 Å². The fourth-order valence-electron chi connectivity index (χ4n) is 3.23. The summed E-state index contributed by atoms with van der Waals surface area (Å²) in [5, 5.41) is 0.942. The topological polar surface area (TPSA) is 42.4 Å². The molecule has 1 amide bonds. The molecule has 1 atom stereocenters. The predicted octanol–water partition coefficient (Wildman–Crippen LogP) is 3.22. The van der Waals surface area contributed by atoms with E-state index in [2.05, 4.69) is 17.1 Å². The van der Waals surface area contributed by atoms with E-state index >= 15 is 0 Å². The Bertz CT molecular complexity index is 734. The fraction of sp³-hybridized carbons (Fsp3) is 0.333. The molecule has 0 radical (unpaired) electrons. The minimum atomic E-state index is -0.137. The normalized spacial score (nSPS) is 19.8. The van der Waals surface area contributed by atoms with Crippen LogP contribution in [0.2, 0.25) is 0 Å². The van der Waals surface area contributed by atoms with E-state index in [1.54, 1.807) is 18.0 Å². The smallest absolute Gasteiger partial charge is 0.230 e. The molecule has 2 aliphatic heterocycles. The van der Waals surface area contributed by atoms with Crippen molar-refractivity contribution in [3.63, 3.8) is 0 Å². The minimum absolute atomic E-state index is 0.112. The van der Waals surface area contributed by atoms with E-state index in [-0.39, 0.29) is 12.0 Å². The van der Waals surface area contributed by atoms with Crippen LogP contribution < -0.4 is 4.90 Å². The fourth-order valence-corrected chi connectivity index (χ4v) is 4.16. The van der Waals surface area contributed by atoms with Gasteiger partial charge in [0.05, 0.1) is 24.8 Å². The predicted molar refractivity (Wildman–Crippen MR) is 90.8 cm³/mol. The summed E-state index contributed by atoms with van der Waals surface area (Å²) < 4.78 is 5.89. The van der Waals surface area contributed by atoms with Gasteiger partial charge in [0.15, 0.2) is 0 Å². The van der Waals surface area contributed by atoms with Crippen molar-refractivity contribution in [2.24, 2.45) is 0 Å². The van der Waals surface area contributed by atoms with Crippen LogP contribution in [0.4, 0.5) is 5.69 Å². The molecule has 2 aliphatic rings. The SMILES string of the molecule is O=C(CC1OCCc2ccccc21)N1CCSc2ncccc21. The lowest BCUT2D eigenvalue weighted by molar-refractivity contribution is -0.121. The van der Waals surface area contributed by atoms with Crippen molar-refractivity contribution in [2.45, 2.75) is 24.0 Å². The number of rotatable bonds is 2. The number of hydrogen-bond donors (Lipinski definition) is 0. The molecule has 1 aromatic carbocycles. The number of benzene rings is 1. The van der Waals surface area contributed by atoms with Crippen molar-refractivity contribution in [3.05, 3.63) is 53.7 Å². The molecular weight excluding hydrogens is 308 g/mol. The Morgan fingerprint density at radius 1 is 1.30 bits per heavy atom. The quantitative estimate of drug-likeness (QED) is 0.850. The summed E-state index contributed by atoms with van der Waals surface area (Å²) in [5.74, 6) is 0.999. The van der Waals surface area contributed by atoms with Gasteiger partial charge in [0.25, 0.3) is 0 Å². The van der Waals surface area contributed by atoms with Crippen molar-refractivity contribution in [1.29, 1.82) is 0 Å². The van der Waals surface area contributed by atoms with Gasteiger partial charge in [0.2, 0.25) is 5.91 Å². The number of nitrogens with zero attached hydrogens (tertiary/aromatic N) is 2. The second-order valence-corrected chi connectivity index (χ2v) is 6.82. The highest BCUT2D eigenvalue weighted by Gasteiger charge is 2.28. The number of pyridine rings is 1. The zero-order valence-corrected chi connectivity index (χ0v) is 13.6. The standard InChI is InChI=1S/C18H18N2O2S/c21-17(20-9-11-23-18-15(20)6-3-8-19-18)12-16-14-5-2-1-4-13(14)7-10-22-16/h1-6,8,16H,7,9-12H2. The molecule has 23 heavy (non-hydrogen) atoms. The molecule has 3 heterocycles. The highest BCUT2D eigenvalue weighted by molar-refractivity contribution is 7.99. The lowest BCUT2D eigenvalue weighted by Gasteiger charge is -2.31. The maximum Gasteiger partial charge on any atom is 0.230 e. The van der Waals surface area contributed by atoms with Crippen molar-refractivity contribution >= 4 is 23.4 Å². The second-order valence-electron chi connectivity index (χ2n) is 5.73. The zero-order chi connectivity index (χ0) is 15.6. The number of carbonyl (C=O) groups is 1. The van der Waals surface area contributed by atoms with Gasteiger partial charge in [-0.3, -0.25) is 4.79 Å². The minimum Gasteiger partial charge on any atom is -0.373 e. The number of thioether (sulfide) groups is 1. The lowest BCUT2D eigenvalue weighted by atomic mass is 9.95. The number of anilines is 1. The molecule has 0 bridgehead atoms. The van der Waals surface area contributed by atoms with Gasteiger partial charge < -0.3 is 9.64 Å². The molecule has 0 saturated heterocycles. The van der Waals surface area contributed by atoms with E-state index < -0.39 is 0 Å². The summed E-state index contributed by atoms with van der Waals surface area (Å²) in [6.07, 6.45) is 2.95. The molecule has 0 spiro atoms. The Balaban J connectivity index is 1.56. The Hall–Kier alpha value is -1.85. The van der Waals surface area contributed by atoms with Crippen LogP contribution in [0.3, 0.4) is 0 Å². The molecule has 4 nitrogen and oxygen atoms in total. The van der Waals surface area contributed by atoms with E-state index in [9.17, 15) is 4.79 Å². The van der Waals surface area contributed by atoms with Gasteiger partial charge in [-0.2, -0.15) is 0 Å². The van der Waals surface area contributed by atoms with Crippen molar-refractivity contribution in [1.82, 2.24) is 4.98 Å². The van der Waals surface area contributed by atoms with Crippen LogP contribution in [0, 0.1) is 0 Å². The van der Waals surface area contributed by atoms with E-state index in [0.29, 0.717) is 13.0 Å². The first-order valence-corrected chi connectivity index (χ1v) is 8.89. The number of carbonyl (C=O) groups excluding carboxylic acids is 1. The molecule has 0 fully saturated rings. The van der Waals surface area contributed by atoms with Crippen LogP contribution in [0.1, 0.15) is 23.7 Å². The van der Waals surface area contributed by atoms with Crippen molar-refractivity contribution < 1.29 is 9.53 Å². The van der Waals surface area contributed by atoms with Crippen molar-refractivity contribution in [3.8, 4) is 0 Å². The van der Waals surface area contributed by atoms with Gasteiger partial charge in [-0.1, -0.05) is 24.3 Å². The van der Waals surface area contributed by atoms with Crippen LogP contribution in [-0.4, -0.2) is 29.8 Å². The Kier molecular flexibility index (Phi) is 4.06. The van der Waals surface area contributed by atoms with Crippen molar-refractivity contribution in [2.75, 3.05) is 23.8 Å². The third-order valence-electron chi connectivity index (χ3n) is 4.35. The summed E-state index contributed by atoms with van der Waals surface area (Å²) in [5.41, 5.74) is 3.38. The number of hydrogen-bond acceptors (Lipinski definition) is 4. The molecule has 1 unspecified atom stereocenters. The lowest BCUT2D eigenvalue weighted by Crippen LogP contribution is -2.37. The Morgan fingerprint density at radius 3 is 3.17 bits per heavy atom. The van der Waals surface area contributed by atoms with E-state index in [0.717, 1.165) is 35.0 Å². The van der Waals surface area contributed by atoms with Gasteiger partial charge in [0.1, 0.15) is 5.03 Å². The molecule has 1 aromatic heterocycles. The Labute approximate surface area is 139 Å². The largest absolute Gasteiger partial charge is 0.373 e. The highest BCUT2D eigenvalue weighted by Crippen LogP contribution is 2.35. The maximum absolute atomic E-state index is 12.8. The summed E-state index contributed by atoms with van der Waals surface area (Å²) in [6, 6.07) is 12.1.